The zero-order valence-electron chi connectivity index (χ0n) is 16.5. The lowest BCUT2D eigenvalue weighted by molar-refractivity contribution is -0.278. The molecule has 3 N–H and O–H groups in total. The summed E-state index contributed by atoms with van der Waals surface area (Å²) in [5.74, 6) is 0.516. The Morgan fingerprint density at radius 3 is 2.21 bits per heavy atom. The number of aliphatic hydroxyl groups is 3. The molecule has 3 heteroatoms. The first kappa shape index (κ1) is 19.9. The van der Waals surface area contributed by atoms with Crippen molar-refractivity contribution in [1.82, 2.24) is 0 Å². The van der Waals surface area contributed by atoms with E-state index in [0.29, 0.717) is 18.8 Å². The second-order valence-electron chi connectivity index (χ2n) is 9.78. The zero-order valence-corrected chi connectivity index (χ0v) is 16.5. The van der Waals surface area contributed by atoms with E-state index < -0.39 is 17.3 Å². The predicted molar refractivity (Wildman–Crippen MR) is 98.6 cm³/mol. The quantitative estimate of drug-likeness (QED) is 0.678. The van der Waals surface area contributed by atoms with Crippen molar-refractivity contribution in [2.24, 2.45) is 22.2 Å². The molecule has 0 aliphatic heterocycles. The minimum atomic E-state index is -1.08. The van der Waals surface area contributed by atoms with Crippen molar-refractivity contribution in [3.8, 4) is 0 Å². The summed E-state index contributed by atoms with van der Waals surface area (Å²) in [5, 5.41) is 32.2. The molecule has 2 aliphatic carbocycles. The van der Waals surface area contributed by atoms with E-state index in [1.54, 1.807) is 6.08 Å². The molecule has 1 unspecified atom stereocenters. The Morgan fingerprint density at radius 2 is 1.67 bits per heavy atom. The molecule has 2 aliphatic rings. The number of fused-ring (bicyclic) bond motifs is 1. The van der Waals surface area contributed by atoms with Crippen molar-refractivity contribution >= 4 is 0 Å². The van der Waals surface area contributed by atoms with Gasteiger partial charge in [0.2, 0.25) is 0 Å². The molecular formula is C21H38O3. The minimum absolute atomic E-state index is 0.00285. The summed E-state index contributed by atoms with van der Waals surface area (Å²) in [6, 6.07) is 0. The van der Waals surface area contributed by atoms with Gasteiger partial charge in [0.05, 0.1) is 17.3 Å². The van der Waals surface area contributed by atoms with Gasteiger partial charge in [0.15, 0.2) is 0 Å². The standard InChI is InChI=1S/C21H38O3/c1-8-17(3,23)13-14-18(4)15(2)9-11-20(6)19(18,5)12-10-16(22)21(20,7)24/h8,15-16,22-24H,1,9-14H2,2-7H3/t15-,16+,17?,18-,19-,20-,21-/m1/s1. The van der Waals surface area contributed by atoms with Crippen LogP contribution in [0, 0.1) is 22.2 Å². The third kappa shape index (κ3) is 2.50. The van der Waals surface area contributed by atoms with Crippen LogP contribution in [-0.4, -0.2) is 32.6 Å². The largest absolute Gasteiger partial charge is 0.390 e. The number of hydrogen-bond donors (Lipinski definition) is 3. The smallest absolute Gasteiger partial charge is 0.0936 e. The predicted octanol–water partition coefficient (Wildman–Crippen LogP) is 4.06. The normalized spacial score (nSPS) is 51.5. The maximum atomic E-state index is 11.2. The molecule has 140 valence electrons. The molecule has 3 nitrogen and oxygen atoms in total. The second kappa shape index (κ2) is 5.82. The molecular weight excluding hydrogens is 300 g/mol. The van der Waals surface area contributed by atoms with E-state index >= 15 is 0 Å². The van der Waals surface area contributed by atoms with Gasteiger partial charge in [0.1, 0.15) is 0 Å². The third-order valence-corrected chi connectivity index (χ3v) is 8.92. The van der Waals surface area contributed by atoms with E-state index in [1.165, 1.54) is 0 Å². The van der Waals surface area contributed by atoms with Crippen molar-refractivity contribution in [1.29, 1.82) is 0 Å². The van der Waals surface area contributed by atoms with E-state index in [1.807, 2.05) is 13.8 Å². The Balaban J connectivity index is 2.45. The van der Waals surface area contributed by atoms with E-state index in [0.717, 1.165) is 25.7 Å². The maximum Gasteiger partial charge on any atom is 0.0936 e. The van der Waals surface area contributed by atoms with Gasteiger partial charge in [0.25, 0.3) is 0 Å². The first-order valence-electron chi connectivity index (χ1n) is 9.54. The summed E-state index contributed by atoms with van der Waals surface area (Å²) in [7, 11) is 0. The lowest BCUT2D eigenvalue weighted by atomic mass is 9.36. The summed E-state index contributed by atoms with van der Waals surface area (Å²) in [6.45, 7) is 16.5. The van der Waals surface area contributed by atoms with Crippen molar-refractivity contribution in [2.45, 2.75) is 97.4 Å². The highest BCUT2D eigenvalue weighted by Crippen LogP contribution is 2.71. The van der Waals surface area contributed by atoms with Crippen LogP contribution in [0.5, 0.6) is 0 Å². The maximum absolute atomic E-state index is 11.2. The molecule has 2 rings (SSSR count). The molecule has 0 aromatic heterocycles. The van der Waals surface area contributed by atoms with Gasteiger partial charge in [-0.25, -0.2) is 0 Å². The molecule has 2 saturated carbocycles. The highest BCUT2D eigenvalue weighted by molar-refractivity contribution is 5.18. The Morgan fingerprint density at radius 1 is 1.12 bits per heavy atom. The third-order valence-electron chi connectivity index (χ3n) is 8.92. The molecule has 0 amide bonds. The van der Waals surface area contributed by atoms with E-state index in [-0.39, 0.29) is 16.2 Å². The van der Waals surface area contributed by atoms with Gasteiger partial charge in [-0.05, 0) is 69.1 Å². The van der Waals surface area contributed by atoms with Crippen LogP contribution >= 0.6 is 0 Å². The Kier molecular flexibility index (Phi) is 4.84. The van der Waals surface area contributed by atoms with Crippen LogP contribution in [0.25, 0.3) is 0 Å². The topological polar surface area (TPSA) is 60.7 Å². The van der Waals surface area contributed by atoms with Gasteiger partial charge in [-0.3, -0.25) is 0 Å². The van der Waals surface area contributed by atoms with Crippen molar-refractivity contribution in [3.05, 3.63) is 12.7 Å². The van der Waals surface area contributed by atoms with E-state index in [9.17, 15) is 15.3 Å². The van der Waals surface area contributed by atoms with Gasteiger partial charge in [0, 0.05) is 5.41 Å². The second-order valence-corrected chi connectivity index (χ2v) is 9.78. The molecule has 2 fully saturated rings. The van der Waals surface area contributed by atoms with Crippen molar-refractivity contribution < 1.29 is 15.3 Å². The zero-order chi connectivity index (χ0) is 18.6. The van der Waals surface area contributed by atoms with Crippen LogP contribution < -0.4 is 0 Å². The fraction of sp³-hybridized carbons (Fsp3) is 0.905. The molecule has 0 aromatic carbocycles. The lowest BCUT2D eigenvalue weighted by Crippen LogP contribution is -2.70. The first-order valence-corrected chi connectivity index (χ1v) is 9.54. The van der Waals surface area contributed by atoms with Crippen LogP contribution in [-0.2, 0) is 0 Å². The monoisotopic (exact) mass is 338 g/mol. The molecule has 0 radical (unpaired) electrons. The number of rotatable bonds is 4. The number of hydrogen-bond acceptors (Lipinski definition) is 3. The van der Waals surface area contributed by atoms with Crippen LogP contribution in [0.2, 0.25) is 0 Å². The van der Waals surface area contributed by atoms with E-state index in [2.05, 4.69) is 34.3 Å². The van der Waals surface area contributed by atoms with Crippen molar-refractivity contribution in [3.63, 3.8) is 0 Å². The van der Waals surface area contributed by atoms with Gasteiger partial charge < -0.3 is 15.3 Å². The molecule has 24 heavy (non-hydrogen) atoms. The highest BCUT2D eigenvalue weighted by Gasteiger charge is 2.68. The fourth-order valence-corrected chi connectivity index (χ4v) is 5.86. The summed E-state index contributed by atoms with van der Waals surface area (Å²) in [5.41, 5.74) is -2.36. The first-order chi connectivity index (χ1) is 10.8. The van der Waals surface area contributed by atoms with Crippen LogP contribution in [0.4, 0.5) is 0 Å². The Bertz CT molecular complexity index is 497. The van der Waals surface area contributed by atoms with Crippen LogP contribution in [0.3, 0.4) is 0 Å². The summed E-state index contributed by atoms with van der Waals surface area (Å²) >= 11 is 0. The van der Waals surface area contributed by atoms with Gasteiger partial charge in [-0.2, -0.15) is 0 Å². The summed E-state index contributed by atoms with van der Waals surface area (Å²) < 4.78 is 0. The fourth-order valence-electron chi connectivity index (χ4n) is 5.86. The Labute approximate surface area is 148 Å². The average Bonchev–Trinajstić information content (AvgIpc) is 2.51. The minimum Gasteiger partial charge on any atom is -0.390 e. The molecule has 0 bridgehead atoms. The van der Waals surface area contributed by atoms with Gasteiger partial charge in [-0.15, -0.1) is 6.58 Å². The van der Waals surface area contributed by atoms with Crippen molar-refractivity contribution in [2.75, 3.05) is 0 Å². The van der Waals surface area contributed by atoms with Gasteiger partial charge in [-0.1, -0.05) is 33.8 Å². The molecule has 0 spiro atoms. The molecule has 0 aromatic rings. The molecule has 7 atom stereocenters. The SMILES string of the molecule is C=CC(C)(O)CC[C@]1(C)[C@H](C)CC[C@]2(C)[C@]1(C)CC[C@H](O)[C@@]2(C)O. The average molecular weight is 339 g/mol. The van der Waals surface area contributed by atoms with Crippen LogP contribution in [0.1, 0.15) is 80.1 Å². The number of aliphatic hydroxyl groups excluding tert-OH is 1. The summed E-state index contributed by atoms with van der Waals surface area (Å²) in [6.07, 6.45) is 6.07. The van der Waals surface area contributed by atoms with Gasteiger partial charge >= 0.3 is 0 Å². The highest BCUT2D eigenvalue weighted by atomic mass is 16.3. The molecule has 0 heterocycles. The summed E-state index contributed by atoms with van der Waals surface area (Å²) in [4.78, 5) is 0. The lowest BCUT2D eigenvalue weighted by Gasteiger charge is -2.70. The van der Waals surface area contributed by atoms with Crippen LogP contribution in [0.15, 0.2) is 12.7 Å². The molecule has 0 saturated heterocycles. The van der Waals surface area contributed by atoms with E-state index in [4.69, 9.17) is 0 Å². The Hall–Kier alpha value is -0.380.